The summed E-state index contributed by atoms with van der Waals surface area (Å²) < 4.78 is 0. The smallest absolute Gasteiger partial charge is 0.0291 e. The molecule has 19 heavy (non-hydrogen) atoms. The summed E-state index contributed by atoms with van der Waals surface area (Å²) in [6, 6.07) is 9.54. The second-order valence-electron chi connectivity index (χ2n) is 6.69. The van der Waals surface area contributed by atoms with Crippen molar-refractivity contribution < 1.29 is 0 Å². The highest BCUT2D eigenvalue weighted by atomic mass is 14.9. The maximum atomic E-state index is 3.64. The summed E-state index contributed by atoms with van der Waals surface area (Å²) in [7, 11) is 0. The average Bonchev–Trinajstić information content (AvgIpc) is 2.35. The van der Waals surface area contributed by atoms with Crippen molar-refractivity contribution in [2.75, 3.05) is 6.54 Å². The highest BCUT2D eigenvalue weighted by molar-refractivity contribution is 5.25. The van der Waals surface area contributed by atoms with Gasteiger partial charge in [0.25, 0.3) is 0 Å². The van der Waals surface area contributed by atoms with Crippen molar-refractivity contribution in [3.05, 3.63) is 35.4 Å². The third-order valence-electron chi connectivity index (χ3n) is 4.01. The predicted molar refractivity (Wildman–Crippen MR) is 85.4 cm³/mol. The van der Waals surface area contributed by atoms with Crippen LogP contribution in [0.1, 0.15) is 58.7 Å². The summed E-state index contributed by atoms with van der Waals surface area (Å²) in [5, 5.41) is 3.64. The highest BCUT2D eigenvalue weighted by Gasteiger charge is 2.10. The van der Waals surface area contributed by atoms with E-state index in [-0.39, 0.29) is 0 Å². The molecule has 0 heterocycles. The summed E-state index contributed by atoms with van der Waals surface area (Å²) in [6.45, 7) is 14.8. The maximum Gasteiger partial charge on any atom is 0.0291 e. The average molecular weight is 261 g/mol. The van der Waals surface area contributed by atoms with E-state index in [0.717, 1.165) is 24.3 Å². The monoisotopic (exact) mass is 261 g/mol. The first-order valence-corrected chi connectivity index (χ1v) is 7.72. The van der Waals surface area contributed by atoms with Crippen LogP contribution in [0.5, 0.6) is 0 Å². The van der Waals surface area contributed by atoms with Crippen LogP contribution in [0.15, 0.2) is 24.3 Å². The summed E-state index contributed by atoms with van der Waals surface area (Å²) >= 11 is 0. The SMILES string of the molecule is CC(C)Cc1ccc(C(C)NCC(C)C(C)C)cc1. The molecule has 1 nitrogen and oxygen atoms in total. The van der Waals surface area contributed by atoms with Gasteiger partial charge in [0.15, 0.2) is 0 Å². The third kappa shape index (κ3) is 5.78. The molecule has 1 aromatic carbocycles. The second kappa shape index (κ2) is 7.69. The van der Waals surface area contributed by atoms with Crippen molar-refractivity contribution in [1.29, 1.82) is 0 Å². The van der Waals surface area contributed by atoms with E-state index in [1.165, 1.54) is 17.5 Å². The van der Waals surface area contributed by atoms with Crippen molar-refractivity contribution in [2.24, 2.45) is 17.8 Å². The summed E-state index contributed by atoms with van der Waals surface area (Å²) in [6.07, 6.45) is 1.17. The molecule has 2 atom stereocenters. The van der Waals surface area contributed by atoms with Crippen LogP contribution in [0.4, 0.5) is 0 Å². The van der Waals surface area contributed by atoms with Crippen LogP contribution in [0, 0.1) is 17.8 Å². The fourth-order valence-corrected chi connectivity index (χ4v) is 2.13. The Kier molecular flexibility index (Phi) is 6.57. The molecular weight excluding hydrogens is 230 g/mol. The van der Waals surface area contributed by atoms with Gasteiger partial charge in [-0.3, -0.25) is 0 Å². The van der Waals surface area contributed by atoms with Gasteiger partial charge in [-0.15, -0.1) is 0 Å². The van der Waals surface area contributed by atoms with E-state index in [4.69, 9.17) is 0 Å². The lowest BCUT2D eigenvalue weighted by Gasteiger charge is -2.20. The molecule has 1 aromatic rings. The topological polar surface area (TPSA) is 12.0 Å². The molecule has 0 radical (unpaired) electrons. The standard InChI is InChI=1S/C18H31N/c1-13(2)11-17-7-9-18(10-8-17)16(6)19-12-15(5)14(3)4/h7-10,13-16,19H,11-12H2,1-6H3. The zero-order chi connectivity index (χ0) is 14.4. The van der Waals surface area contributed by atoms with Crippen LogP contribution in [-0.4, -0.2) is 6.54 Å². The van der Waals surface area contributed by atoms with E-state index in [2.05, 4.69) is 71.1 Å². The second-order valence-corrected chi connectivity index (χ2v) is 6.69. The van der Waals surface area contributed by atoms with Crippen molar-refractivity contribution in [3.63, 3.8) is 0 Å². The number of hydrogen-bond donors (Lipinski definition) is 1. The van der Waals surface area contributed by atoms with Gasteiger partial charge in [0.1, 0.15) is 0 Å². The molecule has 0 bridgehead atoms. The fourth-order valence-electron chi connectivity index (χ4n) is 2.13. The zero-order valence-corrected chi connectivity index (χ0v) is 13.5. The number of rotatable bonds is 7. The number of nitrogens with one attached hydrogen (secondary N) is 1. The van der Waals surface area contributed by atoms with Gasteiger partial charge in [-0.1, -0.05) is 58.9 Å². The Morgan fingerprint density at radius 2 is 1.47 bits per heavy atom. The van der Waals surface area contributed by atoms with Crippen LogP contribution >= 0.6 is 0 Å². The van der Waals surface area contributed by atoms with Crippen molar-refractivity contribution in [2.45, 2.75) is 54.0 Å². The first kappa shape index (κ1) is 16.2. The number of benzene rings is 1. The highest BCUT2D eigenvalue weighted by Crippen LogP contribution is 2.17. The lowest BCUT2D eigenvalue weighted by molar-refractivity contribution is 0.375. The van der Waals surface area contributed by atoms with E-state index in [1.54, 1.807) is 0 Å². The van der Waals surface area contributed by atoms with E-state index < -0.39 is 0 Å². The molecular formula is C18H31N. The van der Waals surface area contributed by atoms with E-state index in [0.29, 0.717) is 6.04 Å². The van der Waals surface area contributed by atoms with Crippen molar-refractivity contribution >= 4 is 0 Å². The van der Waals surface area contributed by atoms with Gasteiger partial charge in [-0.05, 0) is 48.8 Å². The Labute approximate surface area is 119 Å². The lowest BCUT2D eigenvalue weighted by atomic mass is 9.97. The van der Waals surface area contributed by atoms with Crippen molar-refractivity contribution in [1.82, 2.24) is 5.32 Å². The van der Waals surface area contributed by atoms with Gasteiger partial charge in [-0.25, -0.2) is 0 Å². The molecule has 0 spiro atoms. The van der Waals surface area contributed by atoms with Crippen LogP contribution in [0.3, 0.4) is 0 Å². The largest absolute Gasteiger partial charge is 0.310 e. The van der Waals surface area contributed by atoms with Gasteiger partial charge in [-0.2, -0.15) is 0 Å². The Hall–Kier alpha value is -0.820. The van der Waals surface area contributed by atoms with Crippen LogP contribution < -0.4 is 5.32 Å². The molecule has 0 saturated carbocycles. The maximum absolute atomic E-state index is 3.64. The number of hydrogen-bond acceptors (Lipinski definition) is 1. The van der Waals surface area contributed by atoms with E-state index >= 15 is 0 Å². The fraction of sp³-hybridized carbons (Fsp3) is 0.667. The van der Waals surface area contributed by atoms with Crippen LogP contribution in [0.2, 0.25) is 0 Å². The molecule has 1 rings (SSSR count). The third-order valence-corrected chi connectivity index (χ3v) is 4.01. The Bertz CT molecular complexity index is 350. The Morgan fingerprint density at radius 1 is 0.895 bits per heavy atom. The van der Waals surface area contributed by atoms with Crippen molar-refractivity contribution in [3.8, 4) is 0 Å². The van der Waals surface area contributed by atoms with Gasteiger partial charge < -0.3 is 5.32 Å². The molecule has 0 amide bonds. The van der Waals surface area contributed by atoms with Gasteiger partial charge in [0.05, 0.1) is 0 Å². The Balaban J connectivity index is 2.50. The molecule has 0 saturated heterocycles. The lowest BCUT2D eigenvalue weighted by Crippen LogP contribution is -2.26. The van der Waals surface area contributed by atoms with E-state index in [1.807, 2.05) is 0 Å². The molecule has 0 fully saturated rings. The van der Waals surface area contributed by atoms with Gasteiger partial charge in [0.2, 0.25) is 0 Å². The quantitative estimate of drug-likeness (QED) is 0.741. The minimum Gasteiger partial charge on any atom is -0.310 e. The summed E-state index contributed by atoms with van der Waals surface area (Å²) in [5.74, 6) is 2.20. The first-order chi connectivity index (χ1) is 8.90. The minimum atomic E-state index is 0.439. The molecule has 0 aliphatic rings. The predicted octanol–water partition coefficient (Wildman–Crippen LogP) is 4.83. The Morgan fingerprint density at radius 3 is 1.95 bits per heavy atom. The summed E-state index contributed by atoms with van der Waals surface area (Å²) in [4.78, 5) is 0. The molecule has 2 unspecified atom stereocenters. The first-order valence-electron chi connectivity index (χ1n) is 7.72. The molecule has 1 heteroatoms. The molecule has 0 aromatic heterocycles. The van der Waals surface area contributed by atoms with Crippen LogP contribution in [0.25, 0.3) is 0 Å². The molecule has 0 aliphatic heterocycles. The van der Waals surface area contributed by atoms with Gasteiger partial charge in [0, 0.05) is 6.04 Å². The molecule has 108 valence electrons. The van der Waals surface area contributed by atoms with E-state index in [9.17, 15) is 0 Å². The minimum absolute atomic E-state index is 0.439. The normalized spacial score (nSPS) is 14.9. The van der Waals surface area contributed by atoms with Crippen LogP contribution in [-0.2, 0) is 6.42 Å². The zero-order valence-electron chi connectivity index (χ0n) is 13.5. The summed E-state index contributed by atoms with van der Waals surface area (Å²) in [5.41, 5.74) is 2.84. The van der Waals surface area contributed by atoms with Gasteiger partial charge >= 0.3 is 0 Å². The molecule has 0 aliphatic carbocycles. The molecule has 1 N–H and O–H groups in total.